The van der Waals surface area contributed by atoms with Crippen molar-refractivity contribution in [3.8, 4) is 0 Å². The van der Waals surface area contributed by atoms with Gasteiger partial charge in [-0.2, -0.15) is 0 Å². The molecule has 0 unspecified atom stereocenters. The minimum absolute atomic E-state index is 0.0725. The summed E-state index contributed by atoms with van der Waals surface area (Å²) in [6.45, 7) is 2.25. The maximum atomic E-state index is 12.3. The second-order valence-electron chi connectivity index (χ2n) is 5.42. The van der Waals surface area contributed by atoms with Gasteiger partial charge in [0.2, 0.25) is 10.0 Å². The summed E-state index contributed by atoms with van der Waals surface area (Å²) in [5, 5.41) is 11.6. The summed E-state index contributed by atoms with van der Waals surface area (Å²) in [5.74, 6) is -1.75. The molecule has 3 N–H and O–H groups in total. The first-order valence-electron chi connectivity index (χ1n) is 7.94. The van der Waals surface area contributed by atoms with E-state index in [0.29, 0.717) is 12.8 Å². The van der Waals surface area contributed by atoms with E-state index in [1.807, 2.05) is 6.92 Å². The highest BCUT2D eigenvalue weighted by Gasteiger charge is 2.21. The van der Waals surface area contributed by atoms with E-state index < -0.39 is 27.9 Å². The molecule has 1 atom stereocenters. The molecule has 0 fully saturated rings. The van der Waals surface area contributed by atoms with Crippen LogP contribution in [0, 0.1) is 0 Å². The predicted molar refractivity (Wildman–Crippen MR) is 91.9 cm³/mol. The van der Waals surface area contributed by atoms with Gasteiger partial charge in [0, 0.05) is 19.2 Å². The number of unbranched alkanes of at least 4 members (excludes halogenated alkanes) is 1. The van der Waals surface area contributed by atoms with Crippen LogP contribution in [-0.2, 0) is 19.6 Å². The molecule has 0 radical (unpaired) electrons. The number of carboxylic acids is 1. The summed E-state index contributed by atoms with van der Waals surface area (Å²) in [4.78, 5) is 23.4. The van der Waals surface area contributed by atoms with Crippen molar-refractivity contribution < 1.29 is 27.9 Å². The maximum absolute atomic E-state index is 12.3. The number of carboxylic acid groups (broad SMARTS) is 1. The van der Waals surface area contributed by atoms with E-state index in [2.05, 4.69) is 10.0 Å². The van der Waals surface area contributed by atoms with Crippen LogP contribution in [-0.4, -0.2) is 51.7 Å². The Hall–Kier alpha value is -1.97. The minimum atomic E-state index is -3.77. The van der Waals surface area contributed by atoms with Crippen LogP contribution in [0.2, 0.25) is 0 Å². The Labute approximate surface area is 147 Å². The van der Waals surface area contributed by atoms with Gasteiger partial charge in [0.05, 0.1) is 11.5 Å². The number of rotatable bonds is 11. The fourth-order valence-corrected chi connectivity index (χ4v) is 3.13. The van der Waals surface area contributed by atoms with E-state index in [1.165, 1.54) is 31.4 Å². The third-order valence-electron chi connectivity index (χ3n) is 3.45. The number of amides is 1. The molecule has 0 bridgehead atoms. The number of benzene rings is 1. The molecule has 0 aliphatic rings. The zero-order chi connectivity index (χ0) is 18.9. The number of carbonyl (C=O) groups excluding carboxylic acids is 1. The van der Waals surface area contributed by atoms with Crippen molar-refractivity contribution in [3.05, 3.63) is 29.8 Å². The first kappa shape index (κ1) is 21.1. The van der Waals surface area contributed by atoms with E-state index in [0.717, 1.165) is 6.42 Å². The standard InChI is InChI=1S/C16H24N2O6S/c1-3-4-8-14(16(20)21)18-15(19)12-6-5-7-13(11-12)25(22,23)17-9-10-24-2/h5-7,11,14,17H,3-4,8-10H2,1-2H3,(H,18,19)(H,20,21)/t14-/m0/s1. The van der Waals surface area contributed by atoms with E-state index in [9.17, 15) is 18.0 Å². The van der Waals surface area contributed by atoms with Crippen LogP contribution in [0.3, 0.4) is 0 Å². The first-order chi connectivity index (χ1) is 11.8. The van der Waals surface area contributed by atoms with Crippen LogP contribution in [0.1, 0.15) is 36.5 Å². The molecule has 8 nitrogen and oxygen atoms in total. The van der Waals surface area contributed by atoms with Gasteiger partial charge in [-0.1, -0.05) is 25.8 Å². The van der Waals surface area contributed by atoms with Gasteiger partial charge in [-0.3, -0.25) is 4.79 Å². The van der Waals surface area contributed by atoms with E-state index in [-0.39, 0.29) is 23.6 Å². The lowest BCUT2D eigenvalue weighted by molar-refractivity contribution is -0.139. The molecule has 0 heterocycles. The van der Waals surface area contributed by atoms with Crippen molar-refractivity contribution in [2.45, 2.75) is 37.1 Å². The number of aliphatic carboxylic acids is 1. The number of sulfonamides is 1. The van der Waals surface area contributed by atoms with E-state index >= 15 is 0 Å². The lowest BCUT2D eigenvalue weighted by Gasteiger charge is -2.14. The van der Waals surface area contributed by atoms with E-state index in [4.69, 9.17) is 9.84 Å². The summed E-state index contributed by atoms with van der Waals surface area (Å²) in [6.07, 6.45) is 1.78. The fourth-order valence-electron chi connectivity index (χ4n) is 2.07. The Bertz CT molecular complexity index is 690. The summed E-state index contributed by atoms with van der Waals surface area (Å²) in [7, 11) is -2.32. The molecule has 25 heavy (non-hydrogen) atoms. The third-order valence-corrected chi connectivity index (χ3v) is 4.91. The van der Waals surface area contributed by atoms with Crippen LogP contribution in [0.4, 0.5) is 0 Å². The first-order valence-corrected chi connectivity index (χ1v) is 9.42. The van der Waals surface area contributed by atoms with Gasteiger partial charge < -0.3 is 15.2 Å². The number of carbonyl (C=O) groups is 2. The van der Waals surface area contributed by atoms with E-state index in [1.54, 1.807) is 0 Å². The van der Waals surface area contributed by atoms with Crippen molar-refractivity contribution in [2.75, 3.05) is 20.3 Å². The molecule has 0 aromatic heterocycles. The van der Waals surface area contributed by atoms with Crippen molar-refractivity contribution >= 4 is 21.9 Å². The second kappa shape index (κ2) is 10.1. The highest BCUT2D eigenvalue weighted by atomic mass is 32.2. The Balaban J connectivity index is 2.88. The SMILES string of the molecule is CCCC[C@H](NC(=O)c1cccc(S(=O)(=O)NCCOC)c1)C(=O)O. The zero-order valence-corrected chi connectivity index (χ0v) is 15.1. The van der Waals surface area contributed by atoms with Gasteiger partial charge in [0.1, 0.15) is 6.04 Å². The van der Waals surface area contributed by atoms with Crippen molar-refractivity contribution in [3.63, 3.8) is 0 Å². The lowest BCUT2D eigenvalue weighted by atomic mass is 10.1. The maximum Gasteiger partial charge on any atom is 0.326 e. The number of hydrogen-bond acceptors (Lipinski definition) is 5. The molecule has 0 aliphatic heterocycles. The molecule has 0 saturated carbocycles. The largest absolute Gasteiger partial charge is 0.480 e. The average molecular weight is 372 g/mol. The van der Waals surface area contributed by atoms with Gasteiger partial charge in [-0.25, -0.2) is 17.9 Å². The molecule has 1 amide bonds. The summed E-state index contributed by atoms with van der Waals surface area (Å²) in [6, 6.07) is 4.43. The van der Waals surface area contributed by atoms with Crippen LogP contribution in [0.25, 0.3) is 0 Å². The van der Waals surface area contributed by atoms with Crippen LogP contribution in [0.5, 0.6) is 0 Å². The summed E-state index contributed by atoms with van der Waals surface area (Å²) in [5.41, 5.74) is 0.0809. The monoisotopic (exact) mass is 372 g/mol. The third kappa shape index (κ3) is 6.81. The average Bonchev–Trinajstić information content (AvgIpc) is 2.58. The van der Waals surface area contributed by atoms with Gasteiger partial charge in [0.15, 0.2) is 0 Å². The molecule has 0 saturated heterocycles. The van der Waals surface area contributed by atoms with Gasteiger partial charge >= 0.3 is 5.97 Å². The zero-order valence-electron chi connectivity index (χ0n) is 14.3. The van der Waals surface area contributed by atoms with Crippen LogP contribution < -0.4 is 10.0 Å². The number of ether oxygens (including phenoxy) is 1. The molecular formula is C16H24N2O6S. The smallest absolute Gasteiger partial charge is 0.326 e. The lowest BCUT2D eigenvalue weighted by Crippen LogP contribution is -2.40. The van der Waals surface area contributed by atoms with Crippen molar-refractivity contribution in [2.24, 2.45) is 0 Å². The number of nitrogens with one attached hydrogen (secondary N) is 2. The second-order valence-corrected chi connectivity index (χ2v) is 7.19. The molecule has 9 heteroatoms. The van der Waals surface area contributed by atoms with Gasteiger partial charge in [-0.15, -0.1) is 0 Å². The van der Waals surface area contributed by atoms with Crippen molar-refractivity contribution in [1.82, 2.24) is 10.0 Å². The molecule has 1 aromatic rings. The van der Waals surface area contributed by atoms with Gasteiger partial charge in [-0.05, 0) is 24.6 Å². The highest BCUT2D eigenvalue weighted by molar-refractivity contribution is 7.89. The summed E-state index contributed by atoms with van der Waals surface area (Å²) >= 11 is 0. The molecule has 1 rings (SSSR count). The molecule has 1 aromatic carbocycles. The number of hydrogen-bond donors (Lipinski definition) is 3. The van der Waals surface area contributed by atoms with Gasteiger partial charge in [0.25, 0.3) is 5.91 Å². The topological polar surface area (TPSA) is 122 Å². The molecule has 0 spiro atoms. The quantitative estimate of drug-likeness (QED) is 0.498. The highest BCUT2D eigenvalue weighted by Crippen LogP contribution is 2.12. The normalized spacial score (nSPS) is 12.6. The number of methoxy groups -OCH3 is 1. The Morgan fingerprint density at radius 3 is 2.64 bits per heavy atom. The van der Waals surface area contributed by atoms with Crippen molar-refractivity contribution in [1.29, 1.82) is 0 Å². The predicted octanol–water partition coefficient (Wildman–Crippen LogP) is 0.984. The Morgan fingerprint density at radius 2 is 2.04 bits per heavy atom. The molecule has 0 aliphatic carbocycles. The summed E-state index contributed by atoms with van der Waals surface area (Å²) < 4.78 is 31.5. The fraction of sp³-hybridized carbons (Fsp3) is 0.500. The Kier molecular flexibility index (Phi) is 8.53. The van der Waals surface area contributed by atoms with Crippen LogP contribution in [0.15, 0.2) is 29.2 Å². The van der Waals surface area contributed by atoms with Crippen LogP contribution >= 0.6 is 0 Å². The minimum Gasteiger partial charge on any atom is -0.480 e. The Morgan fingerprint density at radius 1 is 1.32 bits per heavy atom. The molecule has 140 valence electrons. The molecular weight excluding hydrogens is 348 g/mol.